The van der Waals surface area contributed by atoms with E-state index >= 15 is 0 Å². The Hall–Kier alpha value is -1.07. The van der Waals surface area contributed by atoms with Crippen LogP contribution in [0.15, 0.2) is 52.1 Å². The maximum Gasteiger partial charge on any atom is 0.251 e. The van der Waals surface area contributed by atoms with Crippen LogP contribution in [0.1, 0.15) is 5.56 Å². The molecule has 0 radical (unpaired) electrons. The van der Waals surface area contributed by atoms with E-state index in [-0.39, 0.29) is 5.82 Å². The summed E-state index contributed by atoms with van der Waals surface area (Å²) in [4.78, 5) is 0. The topological polar surface area (TPSA) is 26.9 Å². The van der Waals surface area contributed by atoms with Crippen molar-refractivity contribution in [3.05, 3.63) is 63.7 Å². The van der Waals surface area contributed by atoms with Crippen molar-refractivity contribution in [2.24, 2.45) is 0 Å². The van der Waals surface area contributed by atoms with E-state index in [2.05, 4.69) is 15.9 Å². The van der Waals surface area contributed by atoms with Gasteiger partial charge in [-0.05, 0) is 29.8 Å². The summed E-state index contributed by atoms with van der Waals surface area (Å²) in [6, 6.07) is 9.95. The third-order valence-electron chi connectivity index (χ3n) is 2.17. The molecule has 1 aromatic carbocycles. The van der Waals surface area contributed by atoms with Crippen LogP contribution in [0.2, 0.25) is 0 Å². The van der Waals surface area contributed by atoms with E-state index in [0.29, 0.717) is 16.3 Å². The average Bonchev–Trinajstić information content (AvgIpc) is 2.32. The van der Waals surface area contributed by atoms with Crippen LogP contribution in [-0.2, 0) is 5.75 Å². The van der Waals surface area contributed by atoms with Gasteiger partial charge in [0.2, 0.25) is 0 Å². The van der Waals surface area contributed by atoms with Crippen molar-refractivity contribution >= 4 is 27.7 Å². The summed E-state index contributed by atoms with van der Waals surface area (Å²) in [5.41, 5.74) is 0.577. The molecule has 88 valence electrons. The first kappa shape index (κ1) is 12.4. The Kier molecular flexibility index (Phi) is 4.02. The molecule has 0 saturated carbocycles. The summed E-state index contributed by atoms with van der Waals surface area (Å²) in [6.07, 6.45) is 1.43. The predicted octanol–water partition coefficient (Wildman–Crippen LogP) is 3.51. The standard InChI is InChI=1S/C12H9BrFNOS/c13-10-4-5-11(14)9(7-10)8-17-12-3-1-2-6-15(12)16/h1-7H,8H2. The van der Waals surface area contributed by atoms with E-state index in [1.54, 1.807) is 30.3 Å². The van der Waals surface area contributed by atoms with Crippen molar-refractivity contribution in [1.29, 1.82) is 0 Å². The van der Waals surface area contributed by atoms with Gasteiger partial charge in [0.05, 0.1) is 0 Å². The molecular weight excluding hydrogens is 305 g/mol. The van der Waals surface area contributed by atoms with E-state index in [4.69, 9.17) is 0 Å². The van der Waals surface area contributed by atoms with Gasteiger partial charge in [0.25, 0.3) is 5.03 Å². The number of rotatable bonds is 3. The summed E-state index contributed by atoms with van der Waals surface area (Å²) in [6.45, 7) is 0. The Morgan fingerprint density at radius 1 is 1.29 bits per heavy atom. The monoisotopic (exact) mass is 313 g/mol. The zero-order valence-electron chi connectivity index (χ0n) is 8.77. The molecule has 0 bridgehead atoms. The number of pyridine rings is 1. The molecule has 17 heavy (non-hydrogen) atoms. The molecule has 0 amide bonds. The molecule has 2 aromatic rings. The maximum atomic E-state index is 13.5. The summed E-state index contributed by atoms with van der Waals surface area (Å²) < 4.78 is 15.1. The first-order valence-electron chi connectivity index (χ1n) is 4.92. The average molecular weight is 314 g/mol. The summed E-state index contributed by atoms with van der Waals surface area (Å²) >= 11 is 4.61. The van der Waals surface area contributed by atoms with Crippen LogP contribution in [-0.4, -0.2) is 0 Å². The molecule has 0 spiro atoms. The molecule has 2 nitrogen and oxygen atoms in total. The molecule has 0 aliphatic rings. The highest BCUT2D eigenvalue weighted by molar-refractivity contribution is 9.10. The van der Waals surface area contributed by atoms with Crippen LogP contribution in [0.5, 0.6) is 0 Å². The fourth-order valence-electron chi connectivity index (χ4n) is 1.33. The Bertz CT molecular complexity index is 536. The number of halogens is 2. The fourth-order valence-corrected chi connectivity index (χ4v) is 2.63. The van der Waals surface area contributed by atoms with Crippen LogP contribution in [0.3, 0.4) is 0 Å². The molecule has 0 N–H and O–H groups in total. The number of thioether (sulfide) groups is 1. The maximum absolute atomic E-state index is 13.5. The quantitative estimate of drug-likeness (QED) is 0.492. The Balaban J connectivity index is 2.12. The minimum Gasteiger partial charge on any atom is -0.618 e. The number of hydrogen-bond donors (Lipinski definition) is 0. The first-order chi connectivity index (χ1) is 8.16. The van der Waals surface area contributed by atoms with Gasteiger partial charge >= 0.3 is 0 Å². The van der Waals surface area contributed by atoms with Crippen molar-refractivity contribution in [1.82, 2.24) is 0 Å². The number of nitrogens with zero attached hydrogens (tertiary/aromatic N) is 1. The van der Waals surface area contributed by atoms with Gasteiger partial charge in [-0.3, -0.25) is 0 Å². The number of aromatic nitrogens is 1. The van der Waals surface area contributed by atoms with E-state index in [0.717, 1.165) is 9.20 Å². The lowest BCUT2D eigenvalue weighted by atomic mass is 10.2. The third kappa shape index (κ3) is 3.20. The Morgan fingerprint density at radius 2 is 2.12 bits per heavy atom. The van der Waals surface area contributed by atoms with E-state index in [9.17, 15) is 9.60 Å². The molecule has 5 heteroatoms. The van der Waals surface area contributed by atoms with Gasteiger partial charge in [0.1, 0.15) is 5.82 Å². The van der Waals surface area contributed by atoms with Crippen LogP contribution >= 0.6 is 27.7 Å². The fraction of sp³-hybridized carbons (Fsp3) is 0.0833. The Morgan fingerprint density at radius 3 is 2.88 bits per heavy atom. The highest BCUT2D eigenvalue weighted by atomic mass is 79.9. The van der Waals surface area contributed by atoms with Crippen molar-refractivity contribution < 1.29 is 9.12 Å². The number of benzene rings is 1. The molecule has 1 heterocycles. The van der Waals surface area contributed by atoms with Crippen LogP contribution in [0.25, 0.3) is 0 Å². The van der Waals surface area contributed by atoms with Gasteiger partial charge in [0, 0.05) is 22.4 Å². The predicted molar refractivity (Wildman–Crippen MR) is 69.1 cm³/mol. The third-order valence-corrected chi connectivity index (χ3v) is 3.73. The zero-order chi connectivity index (χ0) is 12.3. The molecule has 0 atom stereocenters. The van der Waals surface area contributed by atoms with Crippen molar-refractivity contribution in [2.75, 3.05) is 0 Å². The smallest absolute Gasteiger partial charge is 0.251 e. The summed E-state index contributed by atoms with van der Waals surface area (Å²) in [5.74, 6) is 0.173. The van der Waals surface area contributed by atoms with Gasteiger partial charge in [-0.25, -0.2) is 4.39 Å². The lowest BCUT2D eigenvalue weighted by Gasteiger charge is -2.04. The van der Waals surface area contributed by atoms with Crippen LogP contribution in [0.4, 0.5) is 4.39 Å². The molecule has 0 aliphatic carbocycles. The van der Waals surface area contributed by atoms with Gasteiger partial charge < -0.3 is 5.21 Å². The molecule has 1 aromatic heterocycles. The second kappa shape index (κ2) is 5.51. The molecular formula is C12H9BrFNOS. The van der Waals surface area contributed by atoms with Crippen molar-refractivity contribution in [3.63, 3.8) is 0 Å². The number of hydrogen-bond acceptors (Lipinski definition) is 2. The largest absolute Gasteiger partial charge is 0.618 e. The zero-order valence-corrected chi connectivity index (χ0v) is 11.2. The lowest BCUT2D eigenvalue weighted by molar-refractivity contribution is -0.645. The summed E-state index contributed by atoms with van der Waals surface area (Å²) in [7, 11) is 0. The van der Waals surface area contributed by atoms with Crippen LogP contribution in [0, 0.1) is 11.0 Å². The van der Waals surface area contributed by atoms with E-state index in [1.165, 1.54) is 24.0 Å². The van der Waals surface area contributed by atoms with Gasteiger partial charge in [-0.15, -0.1) is 0 Å². The minimum absolute atomic E-state index is 0.255. The summed E-state index contributed by atoms with van der Waals surface area (Å²) in [5, 5.41) is 11.9. The highest BCUT2D eigenvalue weighted by Gasteiger charge is 2.08. The van der Waals surface area contributed by atoms with Gasteiger partial charge in [0.15, 0.2) is 6.20 Å². The van der Waals surface area contributed by atoms with Crippen LogP contribution < -0.4 is 4.73 Å². The lowest BCUT2D eigenvalue weighted by Crippen LogP contribution is -2.27. The molecule has 0 aliphatic heterocycles. The SMILES string of the molecule is [O-][n+]1ccccc1SCc1cc(Br)ccc1F. The Labute approximate surface area is 111 Å². The highest BCUT2D eigenvalue weighted by Crippen LogP contribution is 2.23. The van der Waals surface area contributed by atoms with Crippen molar-refractivity contribution in [2.45, 2.75) is 10.8 Å². The minimum atomic E-state index is -0.255. The molecule has 0 saturated heterocycles. The van der Waals surface area contributed by atoms with E-state index < -0.39 is 0 Å². The second-order valence-electron chi connectivity index (χ2n) is 3.39. The van der Waals surface area contributed by atoms with E-state index in [1.807, 2.05) is 0 Å². The van der Waals surface area contributed by atoms with Gasteiger partial charge in [-0.1, -0.05) is 27.7 Å². The molecule has 0 fully saturated rings. The van der Waals surface area contributed by atoms with Crippen molar-refractivity contribution in [3.8, 4) is 0 Å². The molecule has 2 rings (SSSR count). The second-order valence-corrected chi connectivity index (χ2v) is 5.30. The first-order valence-corrected chi connectivity index (χ1v) is 6.69. The molecule has 0 unspecified atom stereocenters. The van der Waals surface area contributed by atoms with Gasteiger partial charge in [-0.2, -0.15) is 4.73 Å². The normalized spacial score (nSPS) is 10.5.